The molecule has 0 spiro atoms. The molecule has 0 aliphatic heterocycles. The van der Waals surface area contributed by atoms with E-state index in [1.165, 1.54) is 6.07 Å². The van der Waals surface area contributed by atoms with Crippen LogP contribution in [0.2, 0.25) is 0 Å². The number of anilines is 1. The number of pyridine rings is 2. The van der Waals surface area contributed by atoms with Crippen molar-refractivity contribution in [2.45, 2.75) is 59.8 Å². The van der Waals surface area contributed by atoms with Crippen molar-refractivity contribution in [3.63, 3.8) is 0 Å². The van der Waals surface area contributed by atoms with E-state index in [9.17, 15) is 14.4 Å². The van der Waals surface area contributed by atoms with Crippen LogP contribution in [0.5, 0.6) is 0 Å². The molecule has 0 fully saturated rings. The number of rotatable bonds is 7. The summed E-state index contributed by atoms with van der Waals surface area (Å²) in [6.45, 7) is 8.00. The normalized spacial score (nSPS) is 9.38. The van der Waals surface area contributed by atoms with E-state index in [2.05, 4.69) is 9.97 Å². The average molecular weight is 361 g/mol. The molecule has 26 heavy (non-hydrogen) atoms. The predicted octanol–water partition coefficient (Wildman–Crippen LogP) is 3.47. The zero-order valence-electron chi connectivity index (χ0n) is 16.2. The molecular formula is C20H31N3O3. The molecule has 0 radical (unpaired) electrons. The fourth-order valence-corrected chi connectivity index (χ4v) is 2.33. The highest BCUT2D eigenvalue weighted by Crippen LogP contribution is 2.11. The van der Waals surface area contributed by atoms with Crippen LogP contribution >= 0.6 is 0 Å². The number of aromatic amines is 2. The summed E-state index contributed by atoms with van der Waals surface area (Å²) in [7, 11) is 0. The molecular weight excluding hydrogens is 330 g/mol. The molecule has 4 N–H and O–H groups in total. The summed E-state index contributed by atoms with van der Waals surface area (Å²) in [5.41, 5.74) is 7.27. The molecule has 2 aromatic rings. The molecule has 2 aromatic heterocycles. The van der Waals surface area contributed by atoms with Gasteiger partial charge in [0.05, 0.1) is 5.69 Å². The number of nitrogens with one attached hydrogen (secondary N) is 2. The van der Waals surface area contributed by atoms with Crippen molar-refractivity contribution in [3.05, 3.63) is 61.8 Å². The highest BCUT2D eigenvalue weighted by molar-refractivity contribution is 5.71. The number of carbonyl (C=O) groups is 1. The fraction of sp³-hybridized carbons (Fsp3) is 0.450. The van der Waals surface area contributed by atoms with Crippen molar-refractivity contribution in [2.24, 2.45) is 0 Å². The lowest BCUT2D eigenvalue weighted by Crippen LogP contribution is -2.14. The maximum atomic E-state index is 11.7. The van der Waals surface area contributed by atoms with E-state index in [-0.39, 0.29) is 11.1 Å². The Hall–Kier alpha value is -2.63. The summed E-state index contributed by atoms with van der Waals surface area (Å²) in [5, 5.41) is 0. The van der Waals surface area contributed by atoms with E-state index in [4.69, 9.17) is 5.73 Å². The number of unbranched alkanes of at least 4 members (excludes halogenated alkanes) is 2. The van der Waals surface area contributed by atoms with Crippen LogP contribution < -0.4 is 16.9 Å². The van der Waals surface area contributed by atoms with Gasteiger partial charge in [-0.05, 0) is 43.4 Å². The van der Waals surface area contributed by atoms with Gasteiger partial charge in [-0.2, -0.15) is 0 Å². The minimum absolute atomic E-state index is 0.195. The molecule has 0 saturated heterocycles. The standard InChI is InChI=1S/C16H19N3O3.2C2H6/c17-15-11(7-9-14(21)19-15)4-2-1-3-5-12-6-8-13(10-20)18-16(12)22;2*1-2/h6-10H,1-5H2,(H,18,22)(H3,17,19,21);2*1-2H3. The highest BCUT2D eigenvalue weighted by Gasteiger charge is 2.03. The molecule has 2 rings (SSSR count). The largest absolute Gasteiger partial charge is 0.385 e. The number of nitrogen functional groups attached to an aromatic ring is 1. The first-order valence-corrected chi connectivity index (χ1v) is 9.25. The van der Waals surface area contributed by atoms with Gasteiger partial charge in [-0.15, -0.1) is 0 Å². The third-order valence-corrected chi connectivity index (χ3v) is 3.57. The summed E-state index contributed by atoms with van der Waals surface area (Å²) in [5.74, 6) is 0.424. The number of carbonyl (C=O) groups excluding carboxylic acids is 1. The van der Waals surface area contributed by atoms with Crippen LogP contribution in [0.3, 0.4) is 0 Å². The maximum Gasteiger partial charge on any atom is 0.251 e. The Morgan fingerprint density at radius 1 is 0.846 bits per heavy atom. The third kappa shape index (κ3) is 7.96. The monoisotopic (exact) mass is 361 g/mol. The number of aldehydes is 1. The van der Waals surface area contributed by atoms with Crippen molar-refractivity contribution in [2.75, 3.05) is 5.73 Å². The second kappa shape index (κ2) is 13.6. The number of aromatic nitrogens is 2. The molecule has 0 aliphatic rings. The molecule has 0 saturated carbocycles. The predicted molar refractivity (Wildman–Crippen MR) is 108 cm³/mol. The van der Waals surface area contributed by atoms with Gasteiger partial charge in [-0.1, -0.05) is 40.2 Å². The van der Waals surface area contributed by atoms with Crippen molar-refractivity contribution in [1.82, 2.24) is 9.97 Å². The molecule has 0 amide bonds. The number of hydrogen-bond acceptors (Lipinski definition) is 4. The number of nitrogens with two attached hydrogens (primary N) is 1. The highest BCUT2D eigenvalue weighted by atomic mass is 16.1. The van der Waals surface area contributed by atoms with E-state index >= 15 is 0 Å². The maximum absolute atomic E-state index is 11.7. The van der Waals surface area contributed by atoms with Gasteiger partial charge >= 0.3 is 0 Å². The summed E-state index contributed by atoms with van der Waals surface area (Å²) in [4.78, 5) is 38.4. The zero-order chi connectivity index (χ0) is 19.9. The minimum Gasteiger partial charge on any atom is -0.385 e. The molecule has 0 atom stereocenters. The summed E-state index contributed by atoms with van der Waals surface area (Å²) < 4.78 is 0. The lowest BCUT2D eigenvalue weighted by atomic mass is 10.0. The Morgan fingerprint density at radius 3 is 1.96 bits per heavy atom. The van der Waals surface area contributed by atoms with Crippen LogP contribution in [0.1, 0.15) is 68.6 Å². The van der Waals surface area contributed by atoms with Crippen LogP contribution in [0.15, 0.2) is 33.9 Å². The van der Waals surface area contributed by atoms with Gasteiger partial charge in [0, 0.05) is 11.6 Å². The van der Waals surface area contributed by atoms with Crippen LogP contribution in [0, 0.1) is 0 Å². The van der Waals surface area contributed by atoms with Crippen molar-refractivity contribution >= 4 is 12.1 Å². The minimum atomic E-state index is -0.200. The smallest absolute Gasteiger partial charge is 0.251 e. The van der Waals surface area contributed by atoms with Gasteiger partial charge in [0.25, 0.3) is 5.56 Å². The lowest BCUT2D eigenvalue weighted by molar-refractivity contribution is 0.111. The number of aryl methyl sites for hydroxylation is 2. The SMILES string of the molecule is CC.CC.Nc1[nH]c(=O)ccc1CCCCCc1ccc(C=O)[nH]c1=O. The van der Waals surface area contributed by atoms with Crippen molar-refractivity contribution in [1.29, 1.82) is 0 Å². The van der Waals surface area contributed by atoms with E-state index in [0.717, 1.165) is 31.2 Å². The third-order valence-electron chi connectivity index (χ3n) is 3.57. The van der Waals surface area contributed by atoms with Gasteiger partial charge < -0.3 is 15.7 Å². The molecule has 0 aliphatic carbocycles. The van der Waals surface area contributed by atoms with Gasteiger partial charge in [0.1, 0.15) is 5.82 Å². The van der Waals surface area contributed by atoms with Gasteiger partial charge in [0.15, 0.2) is 6.29 Å². The Balaban J connectivity index is 0.00000146. The van der Waals surface area contributed by atoms with Crippen molar-refractivity contribution in [3.8, 4) is 0 Å². The second-order valence-corrected chi connectivity index (χ2v) is 5.21. The Bertz CT molecular complexity index is 763. The quantitative estimate of drug-likeness (QED) is 0.518. The van der Waals surface area contributed by atoms with E-state index in [1.807, 2.05) is 27.7 Å². The van der Waals surface area contributed by atoms with Crippen LogP contribution in [-0.2, 0) is 12.8 Å². The topological polar surface area (TPSA) is 109 Å². The van der Waals surface area contributed by atoms with Crippen molar-refractivity contribution < 1.29 is 4.79 Å². The van der Waals surface area contributed by atoms with Gasteiger partial charge in [0.2, 0.25) is 5.56 Å². The van der Waals surface area contributed by atoms with Crippen LogP contribution in [0.4, 0.5) is 5.82 Å². The lowest BCUT2D eigenvalue weighted by Gasteiger charge is -2.05. The van der Waals surface area contributed by atoms with Crippen LogP contribution in [0.25, 0.3) is 0 Å². The van der Waals surface area contributed by atoms with Gasteiger partial charge in [-0.25, -0.2) is 0 Å². The molecule has 0 unspecified atom stereocenters. The Morgan fingerprint density at radius 2 is 1.42 bits per heavy atom. The summed E-state index contributed by atoms with van der Waals surface area (Å²) in [6, 6.07) is 6.53. The molecule has 0 aromatic carbocycles. The Labute approximate surface area is 154 Å². The Kier molecular flexibility index (Phi) is 12.3. The first-order chi connectivity index (χ1) is 12.6. The fourth-order valence-electron chi connectivity index (χ4n) is 2.33. The summed E-state index contributed by atoms with van der Waals surface area (Å²) >= 11 is 0. The van der Waals surface area contributed by atoms with E-state index in [1.54, 1.807) is 18.2 Å². The summed E-state index contributed by atoms with van der Waals surface area (Å²) in [6.07, 6.45) is 4.86. The first-order valence-electron chi connectivity index (χ1n) is 9.25. The molecule has 144 valence electrons. The second-order valence-electron chi connectivity index (χ2n) is 5.21. The van der Waals surface area contributed by atoms with E-state index in [0.29, 0.717) is 29.8 Å². The molecule has 0 bridgehead atoms. The van der Waals surface area contributed by atoms with Gasteiger partial charge in [-0.3, -0.25) is 14.4 Å². The first kappa shape index (κ1) is 23.4. The zero-order valence-corrected chi connectivity index (χ0v) is 16.2. The molecule has 6 heteroatoms. The van der Waals surface area contributed by atoms with E-state index < -0.39 is 0 Å². The molecule has 2 heterocycles. The molecule has 6 nitrogen and oxygen atoms in total. The number of hydrogen-bond donors (Lipinski definition) is 3. The van der Waals surface area contributed by atoms with Crippen LogP contribution in [-0.4, -0.2) is 16.3 Å². The number of H-pyrrole nitrogens is 2. The average Bonchev–Trinajstić information content (AvgIpc) is 2.67.